The van der Waals surface area contributed by atoms with Gasteiger partial charge in [-0.25, -0.2) is 21.9 Å². The minimum absolute atomic E-state index is 0.00925. The maximum atomic E-state index is 13.7. The van der Waals surface area contributed by atoms with Crippen molar-refractivity contribution in [3.05, 3.63) is 47.4 Å². The van der Waals surface area contributed by atoms with Gasteiger partial charge in [-0.1, -0.05) is 0 Å². The molecule has 1 aromatic heterocycles. The molecule has 0 fully saturated rings. The highest BCUT2D eigenvalue weighted by Crippen LogP contribution is 2.17. The number of sulfonamides is 1. The third kappa shape index (κ3) is 8.59. The number of hydrogen-bond acceptors (Lipinski definition) is 9. The summed E-state index contributed by atoms with van der Waals surface area (Å²) in [6, 6.07) is 1.12. The monoisotopic (exact) mass is 515 g/mol. The molecule has 4 unspecified atom stereocenters. The summed E-state index contributed by atoms with van der Waals surface area (Å²) >= 11 is 0. The Balaban J connectivity index is 2.32. The third-order valence-corrected chi connectivity index (χ3v) is 5.12. The molecule has 1 heterocycles. The molecule has 190 valence electrons. The largest absolute Gasteiger partial charge is 0.431 e. The number of aliphatic hydroxyl groups excluding tert-OH is 2. The summed E-state index contributed by atoms with van der Waals surface area (Å²) in [6.45, 7) is 1.13. The van der Waals surface area contributed by atoms with Crippen LogP contribution in [0.3, 0.4) is 0 Å². The van der Waals surface area contributed by atoms with E-state index in [0.717, 1.165) is 31.6 Å². The molecule has 2 rings (SSSR count). The summed E-state index contributed by atoms with van der Waals surface area (Å²) in [5, 5.41) is 35.0. The van der Waals surface area contributed by atoms with Crippen LogP contribution in [0, 0.1) is 23.0 Å². The summed E-state index contributed by atoms with van der Waals surface area (Å²) in [4.78, 5) is 27.8. The number of benzene rings is 1. The predicted molar refractivity (Wildman–Crippen MR) is 116 cm³/mol. The molecule has 35 heavy (non-hydrogen) atoms. The number of carbonyl (C=O) groups is 2. The molecule has 0 aliphatic carbocycles. The lowest BCUT2D eigenvalue weighted by Crippen LogP contribution is -2.56. The molecular formula is C20H23F2N5O7S. The number of nitrogens with zero attached hydrogens (tertiary/aromatic N) is 2. The van der Waals surface area contributed by atoms with Crippen molar-refractivity contribution in [3.8, 4) is 6.07 Å². The zero-order chi connectivity index (χ0) is 26.3. The van der Waals surface area contributed by atoms with Crippen LogP contribution < -0.4 is 15.4 Å². The Labute approximate surface area is 199 Å². The second-order valence-electron chi connectivity index (χ2n) is 7.62. The standard InChI is InChI=1S/C20H23F2N5O7S/c1-10(28)24-14(3-4-23)17(29)18(30)15(7-11-5-12(21)8-13(22)6-11)25-19(31)16-9-34-20(26-16)27-35(2,32)33/h5-6,8-9,14-15,17-18,29-30H,3,7H2,1-2H3,(H,24,28)(H,25,31)(H,26,27). The van der Waals surface area contributed by atoms with Crippen LogP contribution in [0.25, 0.3) is 0 Å². The predicted octanol–water partition coefficient (Wildman–Crippen LogP) is -0.194. The fourth-order valence-corrected chi connectivity index (χ4v) is 3.57. The van der Waals surface area contributed by atoms with Gasteiger partial charge < -0.3 is 25.3 Å². The number of anilines is 1. The van der Waals surface area contributed by atoms with Crippen LogP contribution in [0.2, 0.25) is 0 Å². The van der Waals surface area contributed by atoms with Gasteiger partial charge in [0.2, 0.25) is 15.9 Å². The average Bonchev–Trinajstić information content (AvgIpc) is 3.17. The highest BCUT2D eigenvalue weighted by Gasteiger charge is 2.34. The van der Waals surface area contributed by atoms with Crippen LogP contribution in [-0.4, -0.2) is 66.0 Å². The van der Waals surface area contributed by atoms with Gasteiger partial charge >= 0.3 is 6.01 Å². The minimum Gasteiger partial charge on any atom is -0.431 e. The van der Waals surface area contributed by atoms with Gasteiger partial charge in [-0.3, -0.25) is 9.59 Å². The van der Waals surface area contributed by atoms with Crippen LogP contribution in [0.5, 0.6) is 0 Å². The second-order valence-corrected chi connectivity index (χ2v) is 9.37. The van der Waals surface area contributed by atoms with Crippen molar-refractivity contribution in [2.45, 2.75) is 44.1 Å². The lowest BCUT2D eigenvalue weighted by atomic mass is 9.92. The first-order valence-corrected chi connectivity index (χ1v) is 11.9. The molecule has 2 aromatic rings. The quantitative estimate of drug-likeness (QED) is 0.269. The van der Waals surface area contributed by atoms with Crippen molar-refractivity contribution in [3.63, 3.8) is 0 Å². The maximum absolute atomic E-state index is 13.7. The number of rotatable bonds is 11. The number of nitriles is 1. The lowest BCUT2D eigenvalue weighted by Gasteiger charge is -2.31. The van der Waals surface area contributed by atoms with Gasteiger partial charge in [0, 0.05) is 13.0 Å². The highest BCUT2D eigenvalue weighted by molar-refractivity contribution is 7.91. The Morgan fingerprint density at radius 1 is 1.14 bits per heavy atom. The van der Waals surface area contributed by atoms with Gasteiger partial charge in [-0.15, -0.1) is 0 Å². The van der Waals surface area contributed by atoms with Gasteiger partial charge in [0.25, 0.3) is 5.91 Å². The second kappa shape index (κ2) is 11.7. The lowest BCUT2D eigenvalue weighted by molar-refractivity contribution is -0.121. The van der Waals surface area contributed by atoms with Crippen molar-refractivity contribution in [2.75, 3.05) is 11.0 Å². The van der Waals surface area contributed by atoms with Crippen molar-refractivity contribution in [2.24, 2.45) is 0 Å². The van der Waals surface area contributed by atoms with Crippen LogP contribution in [0.15, 0.2) is 28.9 Å². The molecule has 1 aromatic carbocycles. The number of aliphatic hydroxyl groups is 2. The average molecular weight is 515 g/mol. The first-order valence-electron chi connectivity index (χ1n) is 9.98. The molecule has 0 aliphatic rings. The van der Waals surface area contributed by atoms with Gasteiger partial charge in [0.05, 0.1) is 30.8 Å². The SMILES string of the molecule is CC(=O)NC(CC#N)C(O)C(O)C(Cc1cc(F)cc(F)c1)NC(=O)c1coc(NS(C)(=O)=O)n1. The highest BCUT2D eigenvalue weighted by atomic mass is 32.2. The van der Waals surface area contributed by atoms with Crippen LogP contribution in [-0.2, 0) is 21.2 Å². The van der Waals surface area contributed by atoms with E-state index in [0.29, 0.717) is 6.07 Å². The zero-order valence-corrected chi connectivity index (χ0v) is 19.3. The maximum Gasteiger partial charge on any atom is 0.309 e. The summed E-state index contributed by atoms with van der Waals surface area (Å²) in [5.41, 5.74) is -0.404. The number of oxazole rings is 1. The van der Waals surface area contributed by atoms with E-state index in [-0.39, 0.29) is 12.0 Å². The fraction of sp³-hybridized carbons (Fsp3) is 0.400. The molecule has 5 N–H and O–H groups in total. The van der Waals surface area contributed by atoms with Gasteiger partial charge in [0.15, 0.2) is 5.69 Å². The molecule has 0 saturated heterocycles. The Morgan fingerprint density at radius 2 is 1.74 bits per heavy atom. The molecular weight excluding hydrogens is 492 g/mol. The smallest absolute Gasteiger partial charge is 0.309 e. The van der Waals surface area contributed by atoms with E-state index in [1.807, 2.05) is 4.72 Å². The van der Waals surface area contributed by atoms with Gasteiger partial charge in [0.1, 0.15) is 30.1 Å². The van der Waals surface area contributed by atoms with Crippen molar-refractivity contribution < 1.29 is 41.4 Å². The van der Waals surface area contributed by atoms with Crippen LogP contribution in [0.4, 0.5) is 14.8 Å². The first kappa shape index (κ1) is 27.6. The van der Waals surface area contributed by atoms with Crippen LogP contribution in [0.1, 0.15) is 29.4 Å². The number of nitrogens with one attached hydrogen (secondary N) is 3. The molecule has 0 spiro atoms. The zero-order valence-electron chi connectivity index (χ0n) is 18.5. The Bertz CT molecular complexity index is 1190. The molecule has 0 bridgehead atoms. The van der Waals surface area contributed by atoms with E-state index in [4.69, 9.17) is 9.68 Å². The molecule has 12 nitrogen and oxygen atoms in total. The number of hydrogen-bond donors (Lipinski definition) is 5. The number of halogens is 2. The van der Waals surface area contributed by atoms with Gasteiger partial charge in [-0.2, -0.15) is 10.2 Å². The first-order chi connectivity index (χ1) is 16.3. The summed E-state index contributed by atoms with van der Waals surface area (Å²) in [5.74, 6) is -3.43. The number of amides is 2. The van der Waals surface area contributed by atoms with E-state index in [2.05, 4.69) is 15.6 Å². The van der Waals surface area contributed by atoms with E-state index in [1.54, 1.807) is 6.07 Å². The molecule has 2 amide bonds. The minimum atomic E-state index is -3.75. The summed E-state index contributed by atoms with van der Waals surface area (Å²) < 4.78 is 56.7. The molecule has 4 atom stereocenters. The van der Waals surface area contributed by atoms with Crippen molar-refractivity contribution >= 4 is 27.9 Å². The molecule has 15 heteroatoms. The van der Waals surface area contributed by atoms with Crippen LogP contribution >= 0.6 is 0 Å². The molecule has 0 saturated carbocycles. The summed E-state index contributed by atoms with van der Waals surface area (Å²) in [7, 11) is -3.75. The van der Waals surface area contributed by atoms with E-state index in [9.17, 15) is 37.0 Å². The third-order valence-electron chi connectivity index (χ3n) is 4.58. The Hall–Kier alpha value is -3.61. The van der Waals surface area contributed by atoms with E-state index < -0.39 is 75.9 Å². The number of aromatic nitrogens is 1. The number of carbonyl (C=O) groups excluding carboxylic acids is 2. The summed E-state index contributed by atoms with van der Waals surface area (Å²) in [6.07, 6.45) is -2.74. The topological polar surface area (TPSA) is 195 Å². The van der Waals surface area contributed by atoms with Crippen molar-refractivity contribution in [1.82, 2.24) is 15.6 Å². The molecule has 0 radical (unpaired) electrons. The Kier molecular flexibility index (Phi) is 9.23. The molecule has 0 aliphatic heterocycles. The Morgan fingerprint density at radius 3 is 2.29 bits per heavy atom. The fourth-order valence-electron chi connectivity index (χ4n) is 3.16. The van der Waals surface area contributed by atoms with Crippen molar-refractivity contribution in [1.29, 1.82) is 5.26 Å². The van der Waals surface area contributed by atoms with E-state index in [1.165, 1.54) is 0 Å². The van der Waals surface area contributed by atoms with Gasteiger partial charge in [-0.05, 0) is 24.1 Å². The normalized spacial score (nSPS) is 14.8. The van der Waals surface area contributed by atoms with E-state index >= 15 is 0 Å².